The van der Waals surface area contributed by atoms with Crippen LogP contribution in [0.1, 0.15) is 41.4 Å². The third kappa shape index (κ3) is 5.09. The van der Waals surface area contributed by atoms with Crippen LogP contribution in [0, 0.1) is 11.8 Å². The van der Waals surface area contributed by atoms with E-state index in [9.17, 15) is 4.79 Å². The average molecular weight is 405 g/mol. The van der Waals surface area contributed by atoms with E-state index in [-0.39, 0.29) is 11.9 Å². The first-order valence-corrected chi connectivity index (χ1v) is 10.4. The number of rotatable bonds is 5. The maximum atomic E-state index is 12.7. The van der Waals surface area contributed by atoms with Crippen LogP contribution in [0.3, 0.4) is 0 Å². The van der Waals surface area contributed by atoms with Crippen LogP contribution in [-0.4, -0.2) is 11.4 Å². The number of Topliss-reactive ketones (excluding diaryl/α,β-unsaturated/α-hetero) is 1. The lowest BCUT2D eigenvalue weighted by Gasteiger charge is -2.27. The van der Waals surface area contributed by atoms with Gasteiger partial charge in [-0.05, 0) is 53.8 Å². The standard InChI is InChI=1S/C29H24O2/c1-29(2,20-19-27(30)26-18-17-22-11-9-10-16-25(22)21-26)31-28(23-12-5-3-6-13-23)24-14-7-4-8-15-24/h3-18,21,28H,1-2H3. The Hall–Kier alpha value is -3.67. The lowest BCUT2D eigenvalue weighted by atomic mass is 9.99. The third-order valence-electron chi connectivity index (χ3n) is 5.11. The van der Waals surface area contributed by atoms with Gasteiger partial charge < -0.3 is 4.74 Å². The molecule has 0 aliphatic rings. The molecule has 0 amide bonds. The molecular weight excluding hydrogens is 380 g/mol. The molecule has 0 saturated heterocycles. The Bertz CT molecular complexity index is 1210. The molecule has 0 heterocycles. The second-order valence-corrected chi connectivity index (χ2v) is 7.97. The van der Waals surface area contributed by atoms with E-state index in [1.165, 1.54) is 0 Å². The lowest BCUT2D eigenvalue weighted by Crippen LogP contribution is -2.26. The van der Waals surface area contributed by atoms with Gasteiger partial charge in [0, 0.05) is 5.56 Å². The van der Waals surface area contributed by atoms with Crippen molar-refractivity contribution in [2.45, 2.75) is 25.6 Å². The van der Waals surface area contributed by atoms with E-state index in [1.54, 1.807) is 0 Å². The van der Waals surface area contributed by atoms with Crippen molar-refractivity contribution in [3.63, 3.8) is 0 Å². The number of carbonyl (C=O) groups is 1. The lowest BCUT2D eigenvalue weighted by molar-refractivity contribution is -0.0163. The van der Waals surface area contributed by atoms with Crippen molar-refractivity contribution in [1.82, 2.24) is 0 Å². The monoisotopic (exact) mass is 404 g/mol. The van der Waals surface area contributed by atoms with Gasteiger partial charge in [-0.3, -0.25) is 4.79 Å². The molecule has 0 aliphatic carbocycles. The number of ether oxygens (including phenoxy) is 1. The minimum absolute atomic E-state index is 0.210. The molecule has 0 bridgehead atoms. The van der Waals surface area contributed by atoms with Gasteiger partial charge in [0.1, 0.15) is 11.7 Å². The number of ketones is 1. The summed E-state index contributed by atoms with van der Waals surface area (Å²) >= 11 is 0. The van der Waals surface area contributed by atoms with Crippen LogP contribution in [0.25, 0.3) is 10.8 Å². The molecule has 4 aromatic carbocycles. The molecule has 2 nitrogen and oxygen atoms in total. The molecule has 0 saturated carbocycles. The smallest absolute Gasteiger partial charge is 0.236 e. The van der Waals surface area contributed by atoms with Crippen LogP contribution in [-0.2, 0) is 4.74 Å². The Morgan fingerprint density at radius 3 is 1.90 bits per heavy atom. The highest BCUT2D eigenvalue weighted by molar-refractivity contribution is 6.10. The summed E-state index contributed by atoms with van der Waals surface area (Å²) in [5, 5.41) is 2.13. The number of benzene rings is 4. The Kier molecular flexibility index (Phi) is 5.98. The van der Waals surface area contributed by atoms with Gasteiger partial charge >= 0.3 is 0 Å². The van der Waals surface area contributed by atoms with Gasteiger partial charge in [0.15, 0.2) is 0 Å². The van der Waals surface area contributed by atoms with Gasteiger partial charge in [0.2, 0.25) is 5.78 Å². The SMILES string of the molecule is CC(C)(C#CC(=O)c1ccc2ccccc2c1)OC(c1ccccc1)c1ccccc1. The maximum absolute atomic E-state index is 12.7. The Balaban J connectivity index is 1.58. The summed E-state index contributed by atoms with van der Waals surface area (Å²) in [7, 11) is 0. The summed E-state index contributed by atoms with van der Waals surface area (Å²) in [6, 6.07) is 33.8. The summed E-state index contributed by atoms with van der Waals surface area (Å²) in [5.41, 5.74) is 1.86. The highest BCUT2D eigenvalue weighted by Crippen LogP contribution is 2.30. The zero-order valence-electron chi connectivity index (χ0n) is 17.7. The summed E-state index contributed by atoms with van der Waals surface area (Å²) < 4.78 is 6.44. The summed E-state index contributed by atoms with van der Waals surface area (Å²) in [4.78, 5) is 12.7. The van der Waals surface area contributed by atoms with Crippen molar-refractivity contribution in [3.05, 3.63) is 120 Å². The first kappa shape index (κ1) is 20.6. The second kappa shape index (κ2) is 9.00. The second-order valence-electron chi connectivity index (χ2n) is 7.97. The van der Waals surface area contributed by atoms with Crippen LogP contribution in [0.5, 0.6) is 0 Å². The number of hydrogen-bond donors (Lipinski definition) is 0. The van der Waals surface area contributed by atoms with E-state index in [4.69, 9.17) is 4.74 Å². The number of fused-ring (bicyclic) bond motifs is 1. The maximum Gasteiger partial charge on any atom is 0.236 e. The van der Waals surface area contributed by atoms with Crippen molar-refractivity contribution < 1.29 is 9.53 Å². The van der Waals surface area contributed by atoms with E-state index >= 15 is 0 Å². The molecule has 4 aromatic rings. The van der Waals surface area contributed by atoms with E-state index in [0.717, 1.165) is 21.9 Å². The summed E-state index contributed by atoms with van der Waals surface area (Å²) in [5.74, 6) is 5.64. The van der Waals surface area contributed by atoms with Crippen molar-refractivity contribution >= 4 is 16.6 Å². The van der Waals surface area contributed by atoms with Crippen LogP contribution in [0.15, 0.2) is 103 Å². The predicted molar refractivity (Wildman–Crippen MR) is 126 cm³/mol. The highest BCUT2D eigenvalue weighted by Gasteiger charge is 2.24. The quantitative estimate of drug-likeness (QED) is 0.212. The Morgan fingerprint density at radius 2 is 1.29 bits per heavy atom. The third-order valence-corrected chi connectivity index (χ3v) is 5.11. The number of carbonyl (C=O) groups excluding carboxylic acids is 1. The topological polar surface area (TPSA) is 26.3 Å². The fraction of sp³-hybridized carbons (Fsp3) is 0.138. The molecule has 0 N–H and O–H groups in total. The molecule has 152 valence electrons. The van der Waals surface area contributed by atoms with Gasteiger partial charge in [-0.15, -0.1) is 0 Å². The fourth-order valence-corrected chi connectivity index (χ4v) is 3.52. The average Bonchev–Trinajstić information content (AvgIpc) is 2.82. The van der Waals surface area contributed by atoms with Crippen molar-refractivity contribution in [2.24, 2.45) is 0 Å². The van der Waals surface area contributed by atoms with E-state index in [0.29, 0.717) is 5.56 Å². The van der Waals surface area contributed by atoms with E-state index < -0.39 is 5.60 Å². The molecule has 0 aromatic heterocycles. The number of hydrogen-bond acceptors (Lipinski definition) is 2. The molecule has 0 radical (unpaired) electrons. The van der Waals surface area contributed by atoms with Gasteiger partial charge in [-0.2, -0.15) is 0 Å². The molecule has 0 atom stereocenters. The van der Waals surface area contributed by atoms with Crippen molar-refractivity contribution in [1.29, 1.82) is 0 Å². The zero-order chi connectivity index (χ0) is 21.7. The molecule has 2 heteroatoms. The van der Waals surface area contributed by atoms with Crippen molar-refractivity contribution in [3.8, 4) is 11.8 Å². The fourth-order valence-electron chi connectivity index (χ4n) is 3.52. The minimum Gasteiger partial charge on any atom is -0.350 e. The molecule has 0 unspecified atom stereocenters. The van der Waals surface area contributed by atoms with Gasteiger partial charge in [-0.1, -0.05) is 96.9 Å². The zero-order valence-corrected chi connectivity index (χ0v) is 17.7. The molecule has 4 rings (SSSR count). The normalized spacial score (nSPS) is 11.2. The molecule has 31 heavy (non-hydrogen) atoms. The largest absolute Gasteiger partial charge is 0.350 e. The Morgan fingerprint density at radius 1 is 0.742 bits per heavy atom. The van der Waals surface area contributed by atoms with Gasteiger partial charge in [-0.25, -0.2) is 0 Å². The van der Waals surface area contributed by atoms with Crippen LogP contribution in [0.2, 0.25) is 0 Å². The van der Waals surface area contributed by atoms with Crippen LogP contribution >= 0.6 is 0 Å². The van der Waals surface area contributed by atoms with Gasteiger partial charge in [0.25, 0.3) is 0 Å². The minimum atomic E-state index is -0.817. The van der Waals surface area contributed by atoms with Gasteiger partial charge in [0.05, 0.1) is 0 Å². The predicted octanol–water partition coefficient (Wildman–Crippen LogP) is 6.61. The van der Waals surface area contributed by atoms with Crippen LogP contribution in [0.4, 0.5) is 0 Å². The molecular formula is C29H24O2. The first-order valence-electron chi connectivity index (χ1n) is 10.4. The Labute approximate surface area is 183 Å². The first-order chi connectivity index (χ1) is 15.0. The highest BCUT2D eigenvalue weighted by atomic mass is 16.5. The summed E-state index contributed by atoms with van der Waals surface area (Å²) in [6.45, 7) is 3.79. The molecule has 0 fully saturated rings. The summed E-state index contributed by atoms with van der Waals surface area (Å²) in [6.07, 6.45) is -0.275. The molecule has 0 aliphatic heterocycles. The molecule has 0 spiro atoms. The van der Waals surface area contributed by atoms with E-state index in [1.807, 2.05) is 117 Å². The van der Waals surface area contributed by atoms with E-state index in [2.05, 4.69) is 11.8 Å². The van der Waals surface area contributed by atoms with Crippen LogP contribution < -0.4 is 0 Å². The van der Waals surface area contributed by atoms with Crippen molar-refractivity contribution in [2.75, 3.05) is 0 Å².